The van der Waals surface area contributed by atoms with Crippen LogP contribution in [-0.2, 0) is 11.0 Å². The minimum atomic E-state index is -4.56. The molecule has 1 fully saturated rings. The van der Waals surface area contributed by atoms with Crippen LogP contribution in [0.5, 0.6) is 0 Å². The van der Waals surface area contributed by atoms with Gasteiger partial charge in [0.1, 0.15) is 0 Å². The van der Waals surface area contributed by atoms with E-state index in [0.717, 1.165) is 12.1 Å². The Kier molecular flexibility index (Phi) is 5.71. The highest BCUT2D eigenvalue weighted by Crippen LogP contribution is 2.40. The fraction of sp³-hybridized carbons (Fsp3) is 0.533. The van der Waals surface area contributed by atoms with Crippen LogP contribution in [0.3, 0.4) is 0 Å². The summed E-state index contributed by atoms with van der Waals surface area (Å²) in [6, 6.07) is 2.89. The molecule has 9 heteroatoms. The van der Waals surface area contributed by atoms with Crippen molar-refractivity contribution in [1.29, 1.82) is 0 Å². The number of carbonyl (C=O) groups excluding carboxylic acids is 1. The van der Waals surface area contributed by atoms with Crippen LogP contribution < -0.4 is 5.32 Å². The zero-order valence-corrected chi connectivity index (χ0v) is 14.4. The van der Waals surface area contributed by atoms with Crippen LogP contribution in [0.4, 0.5) is 32.0 Å². The summed E-state index contributed by atoms with van der Waals surface area (Å²) < 4.78 is 77.0. The van der Waals surface area contributed by atoms with E-state index in [4.69, 9.17) is 0 Å². The number of alkyl halides is 6. The van der Waals surface area contributed by atoms with Gasteiger partial charge in [0.2, 0.25) is 5.91 Å². The molecule has 1 aromatic carbocycles. The first-order chi connectivity index (χ1) is 11.0. The van der Waals surface area contributed by atoms with Crippen molar-refractivity contribution in [3.05, 3.63) is 27.3 Å². The number of anilines is 1. The monoisotopic (exact) mass is 465 g/mol. The highest BCUT2D eigenvalue weighted by molar-refractivity contribution is 14.1. The number of benzene rings is 1. The summed E-state index contributed by atoms with van der Waals surface area (Å²) in [6.07, 6.45) is -8.70. The number of amides is 1. The lowest BCUT2D eigenvalue weighted by atomic mass is 9.80. The number of carbonyl (C=O) groups is 1. The van der Waals surface area contributed by atoms with Crippen molar-refractivity contribution >= 4 is 34.2 Å². The molecule has 2 atom stereocenters. The Balaban J connectivity index is 2.12. The highest BCUT2D eigenvalue weighted by Gasteiger charge is 2.43. The topological polar surface area (TPSA) is 29.1 Å². The van der Waals surface area contributed by atoms with Crippen molar-refractivity contribution in [1.82, 2.24) is 0 Å². The molecule has 24 heavy (non-hydrogen) atoms. The van der Waals surface area contributed by atoms with Gasteiger partial charge in [0.15, 0.2) is 0 Å². The highest BCUT2D eigenvalue weighted by atomic mass is 127. The quantitative estimate of drug-likeness (QED) is 0.446. The molecule has 2 rings (SSSR count). The van der Waals surface area contributed by atoms with Gasteiger partial charge in [0, 0.05) is 9.49 Å². The van der Waals surface area contributed by atoms with E-state index < -0.39 is 35.7 Å². The van der Waals surface area contributed by atoms with Gasteiger partial charge in [0.05, 0.1) is 17.2 Å². The minimum Gasteiger partial charge on any atom is -0.325 e. The van der Waals surface area contributed by atoms with Crippen molar-refractivity contribution in [2.75, 3.05) is 5.32 Å². The van der Waals surface area contributed by atoms with Crippen LogP contribution in [-0.4, -0.2) is 12.1 Å². The maximum absolute atomic E-state index is 12.8. The molecular weight excluding hydrogens is 451 g/mol. The van der Waals surface area contributed by atoms with Crippen molar-refractivity contribution < 1.29 is 31.1 Å². The average molecular weight is 465 g/mol. The summed E-state index contributed by atoms with van der Waals surface area (Å²) in [5.74, 6) is -3.06. The molecule has 0 spiro atoms. The molecular formula is C15H14F6INO. The molecule has 0 aliphatic heterocycles. The number of hydrogen-bond acceptors (Lipinski definition) is 1. The van der Waals surface area contributed by atoms with E-state index in [2.05, 4.69) is 5.32 Å². The van der Waals surface area contributed by atoms with Crippen molar-refractivity contribution in [2.24, 2.45) is 11.8 Å². The molecule has 1 amide bonds. The largest absolute Gasteiger partial charge is 0.416 e. The molecule has 0 saturated heterocycles. The predicted octanol–water partition coefficient (Wildman–Crippen LogP) is 5.62. The van der Waals surface area contributed by atoms with Gasteiger partial charge in [-0.1, -0.05) is 6.42 Å². The number of nitrogens with one attached hydrogen (secondary N) is 1. The molecule has 0 radical (unpaired) electrons. The second-order valence-corrected chi connectivity index (χ2v) is 6.95. The van der Waals surface area contributed by atoms with Crippen LogP contribution in [0.15, 0.2) is 18.2 Å². The number of rotatable bonds is 2. The maximum Gasteiger partial charge on any atom is 0.416 e. The summed E-state index contributed by atoms with van der Waals surface area (Å²) in [6.45, 7) is 0. The summed E-state index contributed by atoms with van der Waals surface area (Å²) in [4.78, 5) is 12.2. The van der Waals surface area contributed by atoms with Crippen molar-refractivity contribution in [3.8, 4) is 0 Å². The third-order valence-corrected chi connectivity index (χ3v) is 5.00. The van der Waals surface area contributed by atoms with E-state index in [1.165, 1.54) is 6.07 Å². The Morgan fingerprint density at radius 2 is 1.79 bits per heavy atom. The summed E-state index contributed by atoms with van der Waals surface area (Å²) >= 11 is 1.76. The average Bonchev–Trinajstić information content (AvgIpc) is 2.47. The van der Waals surface area contributed by atoms with E-state index in [-0.39, 0.29) is 24.9 Å². The Bertz CT molecular complexity index is 613. The van der Waals surface area contributed by atoms with E-state index in [0.29, 0.717) is 9.99 Å². The summed E-state index contributed by atoms with van der Waals surface area (Å²) in [7, 11) is 0. The van der Waals surface area contributed by atoms with E-state index >= 15 is 0 Å². The molecule has 0 bridgehead atoms. The van der Waals surface area contributed by atoms with Crippen LogP contribution in [0.25, 0.3) is 0 Å². The molecule has 134 valence electrons. The van der Waals surface area contributed by atoms with Gasteiger partial charge >= 0.3 is 12.4 Å². The van der Waals surface area contributed by atoms with Crippen LogP contribution >= 0.6 is 22.6 Å². The lowest BCUT2D eigenvalue weighted by Crippen LogP contribution is -2.34. The lowest BCUT2D eigenvalue weighted by Gasteiger charge is -2.29. The SMILES string of the molecule is O=C(Nc1cc(C(F)(F)F)ccc1I)C1CCCC(C(F)(F)F)C1. The molecule has 1 aliphatic carbocycles. The van der Waals surface area contributed by atoms with Gasteiger partial charge < -0.3 is 5.32 Å². The molecule has 2 unspecified atom stereocenters. The Hall–Kier alpha value is -1.00. The fourth-order valence-electron chi connectivity index (χ4n) is 2.76. The Morgan fingerprint density at radius 1 is 1.12 bits per heavy atom. The minimum absolute atomic E-state index is 0.0195. The zero-order valence-electron chi connectivity index (χ0n) is 12.3. The van der Waals surface area contributed by atoms with Gasteiger partial charge in [0.25, 0.3) is 0 Å². The molecule has 0 aromatic heterocycles. The van der Waals surface area contributed by atoms with Crippen LogP contribution in [0.1, 0.15) is 31.2 Å². The Morgan fingerprint density at radius 3 is 2.38 bits per heavy atom. The fourth-order valence-corrected chi connectivity index (χ4v) is 3.23. The van der Waals surface area contributed by atoms with Crippen LogP contribution in [0.2, 0.25) is 0 Å². The first-order valence-corrected chi connectivity index (χ1v) is 8.30. The van der Waals surface area contributed by atoms with E-state index in [9.17, 15) is 31.1 Å². The predicted molar refractivity (Wildman–Crippen MR) is 84.3 cm³/mol. The molecule has 1 N–H and O–H groups in total. The summed E-state index contributed by atoms with van der Waals surface area (Å²) in [5.41, 5.74) is -0.959. The third-order valence-electron chi connectivity index (χ3n) is 4.06. The van der Waals surface area contributed by atoms with E-state index in [1.54, 1.807) is 22.6 Å². The van der Waals surface area contributed by atoms with Crippen LogP contribution in [0, 0.1) is 15.4 Å². The van der Waals surface area contributed by atoms with Gasteiger partial charge in [-0.3, -0.25) is 4.79 Å². The Labute approximate surface area is 148 Å². The van der Waals surface area contributed by atoms with Gasteiger partial charge in [-0.2, -0.15) is 26.3 Å². The molecule has 1 aromatic rings. The summed E-state index contributed by atoms with van der Waals surface area (Å²) in [5, 5.41) is 2.35. The first kappa shape index (κ1) is 19.3. The van der Waals surface area contributed by atoms with Crippen molar-refractivity contribution in [2.45, 2.75) is 38.0 Å². The van der Waals surface area contributed by atoms with E-state index in [1.807, 2.05) is 0 Å². The molecule has 2 nitrogen and oxygen atoms in total. The number of hydrogen-bond donors (Lipinski definition) is 1. The first-order valence-electron chi connectivity index (χ1n) is 7.23. The second-order valence-electron chi connectivity index (χ2n) is 5.78. The molecule has 1 saturated carbocycles. The standard InChI is InChI=1S/C15H14F6INO/c16-14(17,18)9-3-1-2-8(6-9)13(24)23-12-7-10(15(19,20)21)4-5-11(12)22/h4-5,7-9H,1-3,6H2,(H,23,24). The molecule has 1 aliphatic rings. The third kappa shape index (κ3) is 4.76. The smallest absolute Gasteiger partial charge is 0.325 e. The normalized spacial score (nSPS) is 22.3. The lowest BCUT2D eigenvalue weighted by molar-refractivity contribution is -0.185. The second kappa shape index (κ2) is 7.09. The van der Waals surface area contributed by atoms with Gasteiger partial charge in [-0.15, -0.1) is 0 Å². The van der Waals surface area contributed by atoms with Gasteiger partial charge in [-0.25, -0.2) is 0 Å². The number of halogens is 7. The molecule has 0 heterocycles. The maximum atomic E-state index is 12.8. The van der Waals surface area contributed by atoms with Crippen molar-refractivity contribution in [3.63, 3.8) is 0 Å². The zero-order chi connectivity index (χ0) is 18.1. The van der Waals surface area contributed by atoms with Gasteiger partial charge in [-0.05, 0) is 60.1 Å².